The number of hydrogen-bond acceptors (Lipinski definition) is 2. The molecule has 3 aromatic rings. The van der Waals surface area contributed by atoms with Crippen molar-refractivity contribution in [1.82, 2.24) is 4.98 Å². The number of aliphatic imine (C=N–C) groups is 1. The quantitative estimate of drug-likeness (QED) is 0.665. The number of fused-ring (bicyclic) bond motifs is 1. The minimum atomic E-state index is 0.126. The molecule has 0 aliphatic rings. The lowest BCUT2D eigenvalue weighted by molar-refractivity contribution is 0.457. The number of nitrogens with zero attached hydrogens (tertiary/aromatic N) is 1. The molecule has 3 nitrogen and oxygen atoms in total. The number of hydrogen-bond donors (Lipinski definition) is 2. The maximum atomic E-state index is 9.96. The number of aromatic amines is 1. The average molecular weight is 285 g/mol. The van der Waals surface area contributed by atoms with Crippen LogP contribution in [0.3, 0.4) is 0 Å². The van der Waals surface area contributed by atoms with E-state index in [1.165, 1.54) is 0 Å². The van der Waals surface area contributed by atoms with Crippen molar-refractivity contribution >= 4 is 34.4 Å². The summed E-state index contributed by atoms with van der Waals surface area (Å²) in [7, 11) is 0. The second-order valence-corrected chi connectivity index (χ2v) is 5.06. The van der Waals surface area contributed by atoms with Gasteiger partial charge in [0.15, 0.2) is 5.88 Å². The molecule has 4 heteroatoms. The molecule has 0 unspecified atom stereocenters. The number of aryl methyl sites for hydroxylation is 1. The molecule has 0 fully saturated rings. The number of aromatic nitrogens is 1. The molecule has 0 bridgehead atoms. The number of H-pyrrole nitrogens is 1. The van der Waals surface area contributed by atoms with Crippen molar-refractivity contribution in [3.05, 3.63) is 58.6 Å². The number of benzene rings is 2. The molecule has 0 saturated heterocycles. The minimum Gasteiger partial charge on any atom is -0.494 e. The first-order valence-corrected chi connectivity index (χ1v) is 6.63. The van der Waals surface area contributed by atoms with E-state index in [2.05, 4.69) is 9.98 Å². The van der Waals surface area contributed by atoms with Crippen LogP contribution in [-0.2, 0) is 0 Å². The molecule has 3 rings (SSSR count). The van der Waals surface area contributed by atoms with Crippen LogP contribution in [0.1, 0.15) is 11.1 Å². The Morgan fingerprint density at radius 1 is 1.20 bits per heavy atom. The largest absolute Gasteiger partial charge is 0.494 e. The van der Waals surface area contributed by atoms with E-state index in [1.54, 1.807) is 12.3 Å². The van der Waals surface area contributed by atoms with Gasteiger partial charge in [-0.2, -0.15) is 0 Å². The lowest BCUT2D eigenvalue weighted by Crippen LogP contribution is -1.80. The number of para-hydroxylation sites is 1. The summed E-state index contributed by atoms with van der Waals surface area (Å²) in [6.45, 7) is 1.95. The van der Waals surface area contributed by atoms with Crippen LogP contribution in [0.25, 0.3) is 10.9 Å². The van der Waals surface area contributed by atoms with Crippen molar-refractivity contribution in [2.45, 2.75) is 6.92 Å². The minimum absolute atomic E-state index is 0.126. The van der Waals surface area contributed by atoms with Crippen LogP contribution in [0.5, 0.6) is 5.88 Å². The number of rotatable bonds is 2. The maximum absolute atomic E-state index is 9.96. The van der Waals surface area contributed by atoms with Gasteiger partial charge in [-0.1, -0.05) is 29.8 Å². The highest BCUT2D eigenvalue weighted by Crippen LogP contribution is 2.27. The van der Waals surface area contributed by atoms with Crippen molar-refractivity contribution in [2.24, 2.45) is 4.99 Å². The van der Waals surface area contributed by atoms with E-state index in [1.807, 2.05) is 43.3 Å². The SMILES string of the molecule is Cc1cc(Cl)ccc1N=Cc1c(O)[nH]c2ccccc12. The molecule has 0 aliphatic heterocycles. The topological polar surface area (TPSA) is 48.4 Å². The zero-order valence-corrected chi connectivity index (χ0v) is 11.6. The molecule has 0 amide bonds. The zero-order chi connectivity index (χ0) is 14.1. The summed E-state index contributed by atoms with van der Waals surface area (Å²) in [5, 5.41) is 11.6. The molecule has 0 atom stereocenters. The summed E-state index contributed by atoms with van der Waals surface area (Å²) < 4.78 is 0. The van der Waals surface area contributed by atoms with E-state index >= 15 is 0 Å². The Kier molecular flexibility index (Phi) is 3.20. The Hall–Kier alpha value is -2.26. The number of nitrogens with one attached hydrogen (secondary N) is 1. The van der Waals surface area contributed by atoms with Crippen molar-refractivity contribution in [3.63, 3.8) is 0 Å². The average Bonchev–Trinajstić information content (AvgIpc) is 2.74. The molecule has 100 valence electrons. The first-order valence-electron chi connectivity index (χ1n) is 6.25. The summed E-state index contributed by atoms with van der Waals surface area (Å²) in [5.41, 5.74) is 3.40. The van der Waals surface area contributed by atoms with Crippen LogP contribution in [-0.4, -0.2) is 16.3 Å². The predicted octanol–water partition coefficient (Wildman–Crippen LogP) is 4.59. The highest BCUT2D eigenvalue weighted by atomic mass is 35.5. The Labute approximate surface area is 121 Å². The molecular weight excluding hydrogens is 272 g/mol. The molecule has 2 aromatic carbocycles. The lowest BCUT2D eigenvalue weighted by atomic mass is 10.2. The van der Waals surface area contributed by atoms with Gasteiger partial charge >= 0.3 is 0 Å². The van der Waals surface area contributed by atoms with E-state index in [0.29, 0.717) is 10.6 Å². The molecule has 2 N–H and O–H groups in total. The fourth-order valence-corrected chi connectivity index (χ4v) is 2.40. The van der Waals surface area contributed by atoms with Gasteiger partial charge in [0, 0.05) is 22.1 Å². The molecule has 0 aliphatic carbocycles. The number of aromatic hydroxyl groups is 1. The summed E-state index contributed by atoms with van der Waals surface area (Å²) >= 11 is 5.92. The van der Waals surface area contributed by atoms with Gasteiger partial charge in [-0.15, -0.1) is 0 Å². The smallest absolute Gasteiger partial charge is 0.198 e. The van der Waals surface area contributed by atoms with Gasteiger partial charge in [-0.25, -0.2) is 0 Å². The fraction of sp³-hybridized carbons (Fsp3) is 0.0625. The Morgan fingerprint density at radius 2 is 2.00 bits per heavy atom. The third kappa shape index (κ3) is 2.28. The van der Waals surface area contributed by atoms with Crippen LogP contribution in [0.4, 0.5) is 5.69 Å². The van der Waals surface area contributed by atoms with E-state index < -0.39 is 0 Å². The van der Waals surface area contributed by atoms with E-state index in [9.17, 15) is 5.11 Å². The van der Waals surface area contributed by atoms with Crippen LogP contribution in [0.15, 0.2) is 47.5 Å². The standard InChI is InChI=1S/C16H13ClN2O/c1-10-8-11(17)6-7-14(10)18-9-13-12-4-2-3-5-15(12)19-16(13)20/h2-9,19-20H,1H3. The first kappa shape index (κ1) is 12.8. The van der Waals surface area contributed by atoms with Gasteiger partial charge in [-0.05, 0) is 36.8 Å². The van der Waals surface area contributed by atoms with Crippen molar-refractivity contribution in [2.75, 3.05) is 0 Å². The Balaban J connectivity index is 2.04. The third-order valence-electron chi connectivity index (χ3n) is 3.22. The van der Waals surface area contributed by atoms with Gasteiger partial charge in [0.05, 0.1) is 11.3 Å². The summed E-state index contributed by atoms with van der Waals surface area (Å²) in [4.78, 5) is 7.37. The van der Waals surface area contributed by atoms with Crippen molar-refractivity contribution < 1.29 is 5.11 Å². The summed E-state index contributed by atoms with van der Waals surface area (Å²) in [6.07, 6.45) is 1.67. The van der Waals surface area contributed by atoms with Crippen LogP contribution in [0.2, 0.25) is 5.02 Å². The van der Waals surface area contributed by atoms with Gasteiger partial charge in [0.1, 0.15) is 0 Å². The van der Waals surface area contributed by atoms with Crippen LogP contribution >= 0.6 is 11.6 Å². The highest BCUT2D eigenvalue weighted by Gasteiger charge is 2.07. The first-order chi connectivity index (χ1) is 9.65. The van der Waals surface area contributed by atoms with Crippen LogP contribution < -0.4 is 0 Å². The zero-order valence-electron chi connectivity index (χ0n) is 10.9. The Bertz CT molecular complexity index is 805. The van der Waals surface area contributed by atoms with Crippen LogP contribution in [0, 0.1) is 6.92 Å². The normalized spacial score (nSPS) is 11.5. The summed E-state index contributed by atoms with van der Waals surface area (Å²) in [6, 6.07) is 13.2. The maximum Gasteiger partial charge on any atom is 0.198 e. The molecule has 0 radical (unpaired) electrons. The third-order valence-corrected chi connectivity index (χ3v) is 3.45. The summed E-state index contributed by atoms with van der Waals surface area (Å²) in [5.74, 6) is 0.126. The van der Waals surface area contributed by atoms with Gasteiger partial charge in [0.2, 0.25) is 0 Å². The lowest BCUT2D eigenvalue weighted by Gasteiger charge is -2.00. The molecule has 1 heterocycles. The molecular formula is C16H13ClN2O. The van der Waals surface area contributed by atoms with E-state index in [4.69, 9.17) is 11.6 Å². The van der Waals surface area contributed by atoms with Crippen molar-refractivity contribution in [1.29, 1.82) is 0 Å². The molecule has 20 heavy (non-hydrogen) atoms. The molecule has 0 saturated carbocycles. The van der Waals surface area contributed by atoms with E-state index in [0.717, 1.165) is 22.2 Å². The van der Waals surface area contributed by atoms with Gasteiger partial charge in [-0.3, -0.25) is 4.99 Å². The highest BCUT2D eigenvalue weighted by molar-refractivity contribution is 6.30. The van der Waals surface area contributed by atoms with Gasteiger partial charge in [0.25, 0.3) is 0 Å². The second-order valence-electron chi connectivity index (χ2n) is 4.62. The number of halogens is 1. The van der Waals surface area contributed by atoms with Crippen molar-refractivity contribution in [3.8, 4) is 5.88 Å². The molecule has 1 aromatic heterocycles. The predicted molar refractivity (Wildman–Crippen MR) is 83.4 cm³/mol. The Morgan fingerprint density at radius 3 is 2.80 bits per heavy atom. The fourth-order valence-electron chi connectivity index (χ4n) is 2.18. The van der Waals surface area contributed by atoms with Gasteiger partial charge < -0.3 is 10.1 Å². The monoisotopic (exact) mass is 284 g/mol. The molecule has 0 spiro atoms. The van der Waals surface area contributed by atoms with E-state index in [-0.39, 0.29) is 5.88 Å². The second kappa shape index (κ2) is 5.02.